The van der Waals surface area contributed by atoms with E-state index in [-0.39, 0.29) is 21.7 Å². The molecule has 0 saturated carbocycles. The highest BCUT2D eigenvalue weighted by molar-refractivity contribution is 7.91. The van der Waals surface area contributed by atoms with Crippen molar-refractivity contribution >= 4 is 21.4 Å². The molecule has 0 spiro atoms. The fourth-order valence-corrected chi connectivity index (χ4v) is 6.21. The fraction of sp³-hybridized carbons (Fsp3) is 0.276. The second-order valence-electron chi connectivity index (χ2n) is 9.32. The van der Waals surface area contributed by atoms with Crippen LogP contribution in [-0.2, 0) is 9.84 Å². The molecule has 2 aliphatic rings. The Kier molecular flexibility index (Phi) is 6.89. The van der Waals surface area contributed by atoms with E-state index in [0.29, 0.717) is 68.0 Å². The van der Waals surface area contributed by atoms with Gasteiger partial charge in [-0.15, -0.1) is 0 Å². The van der Waals surface area contributed by atoms with E-state index < -0.39 is 9.84 Å². The van der Waals surface area contributed by atoms with Crippen molar-refractivity contribution in [3.05, 3.63) is 66.7 Å². The lowest BCUT2D eigenvalue weighted by Crippen LogP contribution is -2.46. The molecule has 0 radical (unpaired) electrons. The van der Waals surface area contributed by atoms with E-state index in [1.165, 1.54) is 19.2 Å². The second kappa shape index (κ2) is 10.6. The molecule has 3 heterocycles. The third-order valence-corrected chi connectivity index (χ3v) is 8.63. The highest BCUT2D eigenvalue weighted by Crippen LogP contribution is 2.40. The molecule has 1 fully saturated rings. The summed E-state index contributed by atoms with van der Waals surface area (Å²) in [5.74, 6) is 2.28. The molecule has 40 heavy (non-hydrogen) atoms. The summed E-state index contributed by atoms with van der Waals surface area (Å²) in [6.45, 7) is 3.26. The minimum atomic E-state index is -4.09. The molecule has 11 heteroatoms. The van der Waals surface area contributed by atoms with Crippen LogP contribution in [0.15, 0.2) is 81.1 Å². The minimum absolute atomic E-state index is 0.0492. The zero-order valence-corrected chi connectivity index (χ0v) is 23.0. The van der Waals surface area contributed by atoms with Crippen molar-refractivity contribution in [3.63, 3.8) is 0 Å². The van der Waals surface area contributed by atoms with Gasteiger partial charge in [0.25, 0.3) is 0 Å². The first kappa shape index (κ1) is 25.9. The molecule has 0 N–H and O–H groups in total. The molecule has 0 bridgehead atoms. The van der Waals surface area contributed by atoms with Crippen LogP contribution in [0, 0.1) is 0 Å². The van der Waals surface area contributed by atoms with Gasteiger partial charge in [0.1, 0.15) is 13.2 Å². The SMILES string of the molecule is COc1ccc(-c2nc(S(=O)(=O)c3ccc4c(c3)OCCO4)c(N3CCN(c4ccccc4)CC3)o2)cc1OC. The average molecular weight is 564 g/mol. The summed E-state index contributed by atoms with van der Waals surface area (Å²) >= 11 is 0. The van der Waals surface area contributed by atoms with Crippen LogP contribution in [0.5, 0.6) is 23.0 Å². The predicted octanol–water partition coefficient (Wildman–Crippen LogP) is 4.29. The van der Waals surface area contributed by atoms with Gasteiger partial charge in [-0.25, -0.2) is 8.42 Å². The number of rotatable bonds is 7. The Morgan fingerprint density at radius 2 is 1.48 bits per heavy atom. The summed E-state index contributed by atoms with van der Waals surface area (Å²) in [5.41, 5.74) is 1.68. The molecule has 3 aromatic carbocycles. The number of nitrogens with zero attached hydrogens (tertiary/aromatic N) is 3. The second-order valence-corrected chi connectivity index (χ2v) is 11.2. The van der Waals surface area contributed by atoms with Crippen molar-refractivity contribution < 1.29 is 31.8 Å². The number of oxazole rings is 1. The lowest BCUT2D eigenvalue weighted by atomic mass is 10.2. The van der Waals surface area contributed by atoms with Gasteiger partial charge < -0.3 is 33.2 Å². The largest absolute Gasteiger partial charge is 0.493 e. The van der Waals surface area contributed by atoms with E-state index in [1.54, 1.807) is 31.4 Å². The van der Waals surface area contributed by atoms with Gasteiger partial charge in [-0.1, -0.05) is 18.2 Å². The van der Waals surface area contributed by atoms with Gasteiger partial charge in [0.2, 0.25) is 26.6 Å². The first-order valence-electron chi connectivity index (χ1n) is 12.9. The van der Waals surface area contributed by atoms with E-state index >= 15 is 0 Å². The summed E-state index contributed by atoms with van der Waals surface area (Å²) < 4.78 is 56.3. The number of piperazine rings is 1. The van der Waals surface area contributed by atoms with Crippen LogP contribution in [0.1, 0.15) is 0 Å². The number of hydrogen-bond donors (Lipinski definition) is 0. The maximum Gasteiger partial charge on any atom is 0.236 e. The number of fused-ring (bicyclic) bond motifs is 1. The van der Waals surface area contributed by atoms with Crippen molar-refractivity contribution in [1.29, 1.82) is 0 Å². The Morgan fingerprint density at radius 1 is 0.775 bits per heavy atom. The number of benzene rings is 3. The number of methoxy groups -OCH3 is 2. The van der Waals surface area contributed by atoms with Crippen LogP contribution in [0.25, 0.3) is 11.5 Å². The monoisotopic (exact) mass is 563 g/mol. The molecule has 0 atom stereocenters. The third kappa shape index (κ3) is 4.77. The first-order chi connectivity index (χ1) is 19.5. The van der Waals surface area contributed by atoms with Crippen LogP contribution >= 0.6 is 0 Å². The normalized spacial score (nSPS) is 15.2. The Labute approximate surface area is 232 Å². The number of anilines is 2. The van der Waals surface area contributed by atoms with Gasteiger partial charge >= 0.3 is 0 Å². The zero-order chi connectivity index (χ0) is 27.7. The average Bonchev–Trinajstić information content (AvgIpc) is 3.47. The Morgan fingerprint density at radius 3 is 2.20 bits per heavy atom. The maximum atomic E-state index is 14.0. The molecule has 0 amide bonds. The Bertz CT molecular complexity index is 1610. The number of hydrogen-bond acceptors (Lipinski definition) is 10. The van der Waals surface area contributed by atoms with Crippen molar-refractivity contribution in [1.82, 2.24) is 4.98 Å². The number of sulfone groups is 1. The van der Waals surface area contributed by atoms with E-state index in [1.807, 2.05) is 23.1 Å². The van der Waals surface area contributed by atoms with Crippen LogP contribution < -0.4 is 28.7 Å². The number of para-hydroxylation sites is 1. The highest BCUT2D eigenvalue weighted by Gasteiger charge is 2.34. The molecule has 4 aromatic rings. The van der Waals surface area contributed by atoms with Gasteiger partial charge in [-0.3, -0.25) is 0 Å². The smallest absolute Gasteiger partial charge is 0.236 e. The van der Waals surface area contributed by atoms with Gasteiger partial charge in [0.15, 0.2) is 23.0 Å². The molecular formula is C29H29N3O7S. The van der Waals surface area contributed by atoms with Crippen molar-refractivity contribution in [2.24, 2.45) is 0 Å². The summed E-state index contributed by atoms with van der Waals surface area (Å²) in [7, 11) is -1.00. The van der Waals surface area contributed by atoms with Gasteiger partial charge in [0, 0.05) is 43.5 Å². The summed E-state index contributed by atoms with van der Waals surface area (Å²) in [6, 6.07) is 19.9. The lowest BCUT2D eigenvalue weighted by molar-refractivity contribution is 0.171. The van der Waals surface area contributed by atoms with Crippen molar-refractivity contribution in [3.8, 4) is 34.5 Å². The van der Waals surface area contributed by atoms with Crippen LogP contribution in [0.2, 0.25) is 0 Å². The van der Waals surface area contributed by atoms with E-state index in [0.717, 1.165) is 5.69 Å². The van der Waals surface area contributed by atoms with Crippen molar-refractivity contribution in [2.45, 2.75) is 9.92 Å². The van der Waals surface area contributed by atoms with Crippen LogP contribution in [-0.4, -0.2) is 67.0 Å². The molecule has 1 saturated heterocycles. The topological polar surface area (TPSA) is 104 Å². The number of aromatic nitrogens is 1. The standard InChI is InChI=1S/C29H29N3O7S/c1-35-23-10-8-20(18-25(23)36-2)27-30-28(40(33,34)22-9-11-24-26(19-22)38-17-16-37-24)29(39-27)32-14-12-31(13-15-32)21-6-4-3-5-7-21/h3-11,18-19H,12-17H2,1-2H3. The van der Waals surface area contributed by atoms with Crippen LogP contribution in [0.4, 0.5) is 11.6 Å². The quantitative estimate of drug-likeness (QED) is 0.324. The zero-order valence-electron chi connectivity index (χ0n) is 22.2. The fourth-order valence-electron chi connectivity index (χ4n) is 4.87. The molecule has 0 unspecified atom stereocenters. The summed E-state index contributed by atoms with van der Waals surface area (Å²) in [4.78, 5) is 8.79. The molecular weight excluding hydrogens is 534 g/mol. The molecule has 208 valence electrons. The van der Waals surface area contributed by atoms with E-state index in [2.05, 4.69) is 22.0 Å². The summed E-state index contributed by atoms with van der Waals surface area (Å²) in [6.07, 6.45) is 0. The first-order valence-corrected chi connectivity index (χ1v) is 14.4. The van der Waals surface area contributed by atoms with Gasteiger partial charge in [0.05, 0.1) is 19.1 Å². The van der Waals surface area contributed by atoms with Crippen molar-refractivity contribution in [2.75, 3.05) is 63.4 Å². The number of ether oxygens (including phenoxy) is 4. The van der Waals surface area contributed by atoms with Gasteiger partial charge in [-0.05, 0) is 42.5 Å². The minimum Gasteiger partial charge on any atom is -0.493 e. The maximum absolute atomic E-state index is 14.0. The lowest BCUT2D eigenvalue weighted by Gasteiger charge is -2.36. The van der Waals surface area contributed by atoms with Gasteiger partial charge in [-0.2, -0.15) is 4.98 Å². The predicted molar refractivity (Wildman–Crippen MR) is 149 cm³/mol. The summed E-state index contributed by atoms with van der Waals surface area (Å²) in [5, 5.41) is -0.151. The molecule has 0 aliphatic carbocycles. The molecule has 1 aromatic heterocycles. The molecule has 6 rings (SSSR count). The highest BCUT2D eigenvalue weighted by atomic mass is 32.2. The van der Waals surface area contributed by atoms with E-state index in [9.17, 15) is 8.42 Å². The molecule has 10 nitrogen and oxygen atoms in total. The Hall–Kier alpha value is -4.38. The molecule has 2 aliphatic heterocycles. The van der Waals surface area contributed by atoms with Crippen LogP contribution in [0.3, 0.4) is 0 Å². The third-order valence-electron chi connectivity index (χ3n) is 6.98. The van der Waals surface area contributed by atoms with E-state index in [4.69, 9.17) is 23.4 Å². The Balaban J connectivity index is 1.39.